The van der Waals surface area contributed by atoms with Crippen LogP contribution in [0.25, 0.3) is 5.65 Å². The van der Waals surface area contributed by atoms with Gasteiger partial charge in [-0.15, -0.1) is 0 Å². The van der Waals surface area contributed by atoms with Crippen LogP contribution in [0.5, 0.6) is 0 Å². The number of anilines is 3. The lowest BCUT2D eigenvalue weighted by Gasteiger charge is -2.28. The van der Waals surface area contributed by atoms with Crippen molar-refractivity contribution in [3.05, 3.63) is 47.5 Å². The molecule has 0 atom stereocenters. The fourth-order valence-corrected chi connectivity index (χ4v) is 3.10. The van der Waals surface area contributed by atoms with Gasteiger partial charge < -0.3 is 24.5 Å². The summed E-state index contributed by atoms with van der Waals surface area (Å²) in [5.41, 5.74) is 3.00. The molecule has 3 aromatic rings. The Bertz CT molecular complexity index is 816. The quantitative estimate of drug-likeness (QED) is 0.697. The van der Waals surface area contributed by atoms with Crippen molar-refractivity contribution in [3.63, 3.8) is 0 Å². The van der Waals surface area contributed by atoms with Crippen molar-refractivity contribution in [1.82, 2.24) is 14.4 Å². The third-order valence-corrected chi connectivity index (χ3v) is 4.23. The first-order valence-electron chi connectivity index (χ1n) is 7.93. The summed E-state index contributed by atoms with van der Waals surface area (Å²) >= 11 is 3.43. The molecule has 1 aromatic carbocycles. The second kappa shape index (κ2) is 8.28. The number of nitrogens with zero attached hydrogens (tertiary/aromatic N) is 4. The van der Waals surface area contributed by atoms with Gasteiger partial charge in [-0.3, -0.25) is 0 Å². The van der Waals surface area contributed by atoms with E-state index in [0.29, 0.717) is 0 Å². The molecule has 3 heterocycles. The van der Waals surface area contributed by atoms with Gasteiger partial charge in [-0.2, -0.15) is 0 Å². The number of aromatic nitrogens is 3. The zero-order valence-electron chi connectivity index (χ0n) is 13.9. The van der Waals surface area contributed by atoms with Crippen molar-refractivity contribution in [1.29, 1.82) is 0 Å². The fourth-order valence-electron chi connectivity index (χ4n) is 2.70. The normalized spacial score (nSPS) is 14.1. The number of morpholine rings is 1. The summed E-state index contributed by atoms with van der Waals surface area (Å²) in [7, 11) is 1.00. The Labute approximate surface area is 154 Å². The van der Waals surface area contributed by atoms with E-state index in [2.05, 4.69) is 60.4 Å². The minimum Gasteiger partial charge on any atom is -0.400 e. The highest BCUT2D eigenvalue weighted by atomic mass is 79.9. The minimum absolute atomic E-state index is 0.725. The number of aliphatic hydroxyl groups is 1. The van der Waals surface area contributed by atoms with Gasteiger partial charge in [0.25, 0.3) is 0 Å². The zero-order valence-corrected chi connectivity index (χ0v) is 15.5. The predicted octanol–water partition coefficient (Wildman–Crippen LogP) is 2.68. The first-order valence-corrected chi connectivity index (χ1v) is 8.73. The lowest BCUT2D eigenvalue weighted by molar-refractivity contribution is 0.122. The van der Waals surface area contributed by atoms with Crippen molar-refractivity contribution in [3.8, 4) is 0 Å². The molecule has 2 N–H and O–H groups in total. The van der Waals surface area contributed by atoms with E-state index in [1.165, 1.54) is 5.69 Å². The average Bonchev–Trinajstić information content (AvgIpc) is 3.13. The number of halogens is 1. The number of hydrogen-bond donors (Lipinski definition) is 2. The molecule has 7 nitrogen and oxygen atoms in total. The average molecular weight is 406 g/mol. The summed E-state index contributed by atoms with van der Waals surface area (Å²) in [6.45, 7) is 3.46. The summed E-state index contributed by atoms with van der Waals surface area (Å²) in [5.74, 6) is 0.725. The molecule has 1 aliphatic rings. The maximum Gasteiger partial charge on any atom is 0.180 e. The number of aliphatic hydroxyl groups excluding tert-OH is 1. The van der Waals surface area contributed by atoms with Crippen LogP contribution in [0.15, 0.2) is 47.5 Å². The van der Waals surface area contributed by atoms with Crippen LogP contribution in [0.2, 0.25) is 0 Å². The Balaban J connectivity index is 0.000000880. The van der Waals surface area contributed by atoms with Crippen LogP contribution in [-0.4, -0.2) is 52.9 Å². The maximum absolute atomic E-state index is 7.00. The van der Waals surface area contributed by atoms with Crippen LogP contribution in [0.3, 0.4) is 0 Å². The molecule has 1 fully saturated rings. The van der Waals surface area contributed by atoms with E-state index in [1.807, 2.05) is 16.8 Å². The van der Waals surface area contributed by atoms with Crippen LogP contribution in [-0.2, 0) is 4.74 Å². The molecule has 0 bridgehead atoms. The van der Waals surface area contributed by atoms with E-state index >= 15 is 0 Å². The van der Waals surface area contributed by atoms with Gasteiger partial charge in [-0.25, -0.2) is 9.97 Å². The Morgan fingerprint density at radius 1 is 1.16 bits per heavy atom. The van der Waals surface area contributed by atoms with Gasteiger partial charge >= 0.3 is 0 Å². The van der Waals surface area contributed by atoms with Crippen molar-refractivity contribution in [2.24, 2.45) is 0 Å². The summed E-state index contributed by atoms with van der Waals surface area (Å²) in [6, 6.07) is 8.36. The highest BCUT2D eigenvalue weighted by Crippen LogP contribution is 2.24. The lowest BCUT2D eigenvalue weighted by atomic mass is 10.2. The maximum atomic E-state index is 7.00. The van der Waals surface area contributed by atoms with Crippen LogP contribution in [0, 0.1) is 0 Å². The SMILES string of the molecule is Brc1cn2ccnc2c(Nc2ccc(N3CCOCC3)cc2)n1.CO. The second-order valence-electron chi connectivity index (χ2n) is 5.34. The van der Waals surface area contributed by atoms with E-state index in [4.69, 9.17) is 9.84 Å². The Hall–Kier alpha value is -2.16. The molecule has 1 aliphatic heterocycles. The molecular weight excluding hydrogens is 386 g/mol. The largest absolute Gasteiger partial charge is 0.400 e. The van der Waals surface area contributed by atoms with Gasteiger partial charge in [0.05, 0.1) is 13.2 Å². The Morgan fingerprint density at radius 2 is 1.88 bits per heavy atom. The van der Waals surface area contributed by atoms with Crippen molar-refractivity contribution in [2.45, 2.75) is 0 Å². The zero-order chi connectivity index (χ0) is 17.6. The van der Waals surface area contributed by atoms with Crippen LogP contribution in [0.4, 0.5) is 17.2 Å². The molecule has 0 saturated carbocycles. The number of benzene rings is 1. The van der Waals surface area contributed by atoms with Gasteiger partial charge in [0.15, 0.2) is 11.5 Å². The first-order chi connectivity index (χ1) is 12.3. The summed E-state index contributed by atoms with van der Waals surface area (Å²) < 4.78 is 8.08. The predicted molar refractivity (Wildman–Crippen MR) is 102 cm³/mol. The van der Waals surface area contributed by atoms with Gasteiger partial charge in [-0.05, 0) is 40.2 Å². The highest BCUT2D eigenvalue weighted by Gasteiger charge is 2.11. The summed E-state index contributed by atoms with van der Waals surface area (Å²) in [4.78, 5) is 11.1. The van der Waals surface area contributed by atoms with Gasteiger partial charge in [-0.1, -0.05) is 0 Å². The van der Waals surface area contributed by atoms with Crippen molar-refractivity contribution >= 4 is 38.8 Å². The molecule has 0 radical (unpaired) electrons. The Morgan fingerprint density at radius 3 is 2.60 bits per heavy atom. The molecule has 0 spiro atoms. The third-order valence-electron chi connectivity index (χ3n) is 3.85. The molecule has 4 rings (SSSR count). The van der Waals surface area contributed by atoms with Crippen LogP contribution in [0.1, 0.15) is 0 Å². The molecule has 25 heavy (non-hydrogen) atoms. The molecule has 2 aromatic heterocycles. The Kier molecular flexibility index (Phi) is 5.85. The smallest absolute Gasteiger partial charge is 0.180 e. The molecule has 0 unspecified atom stereocenters. The second-order valence-corrected chi connectivity index (χ2v) is 6.15. The number of rotatable bonds is 3. The van der Waals surface area contributed by atoms with Crippen molar-refractivity contribution in [2.75, 3.05) is 43.6 Å². The number of hydrogen-bond acceptors (Lipinski definition) is 6. The lowest BCUT2D eigenvalue weighted by Crippen LogP contribution is -2.36. The summed E-state index contributed by atoms with van der Waals surface area (Å²) in [5, 5.41) is 10.3. The van der Waals surface area contributed by atoms with Crippen LogP contribution >= 0.6 is 15.9 Å². The van der Waals surface area contributed by atoms with Gasteiger partial charge in [0, 0.05) is 50.2 Å². The third kappa shape index (κ3) is 4.09. The molecule has 0 aliphatic carbocycles. The fraction of sp³-hybridized carbons (Fsp3) is 0.294. The van der Waals surface area contributed by atoms with Crippen molar-refractivity contribution < 1.29 is 9.84 Å². The number of nitrogens with one attached hydrogen (secondary N) is 1. The monoisotopic (exact) mass is 405 g/mol. The standard InChI is InChI=1S/C16H16BrN5O.CH4O/c17-14-11-22-6-5-18-16(22)15(20-14)19-12-1-3-13(4-2-12)21-7-9-23-10-8-21;1-2/h1-6,11H,7-10H2,(H,19,20);2H,1H3. The molecule has 0 amide bonds. The number of fused-ring (bicyclic) bond motifs is 1. The van der Waals surface area contributed by atoms with E-state index in [1.54, 1.807) is 6.20 Å². The van der Waals surface area contributed by atoms with E-state index in [9.17, 15) is 0 Å². The van der Waals surface area contributed by atoms with E-state index in [0.717, 1.165) is 55.2 Å². The summed E-state index contributed by atoms with van der Waals surface area (Å²) in [6.07, 6.45) is 5.54. The van der Waals surface area contributed by atoms with E-state index in [-0.39, 0.29) is 0 Å². The first kappa shape index (κ1) is 17.7. The highest BCUT2D eigenvalue weighted by molar-refractivity contribution is 9.10. The number of imidazole rings is 1. The minimum atomic E-state index is 0.725. The van der Waals surface area contributed by atoms with Crippen LogP contribution < -0.4 is 10.2 Å². The number of ether oxygens (including phenoxy) is 1. The van der Waals surface area contributed by atoms with Gasteiger partial charge in [0.1, 0.15) is 4.60 Å². The molecule has 1 saturated heterocycles. The molecular formula is C17H20BrN5O2. The van der Waals surface area contributed by atoms with E-state index < -0.39 is 0 Å². The molecule has 8 heteroatoms. The topological polar surface area (TPSA) is 74.9 Å². The molecule has 132 valence electrons. The van der Waals surface area contributed by atoms with Gasteiger partial charge in [0.2, 0.25) is 0 Å².